The molecule has 3 heteroatoms. The highest BCUT2D eigenvalue weighted by molar-refractivity contribution is 6.30. The first-order valence-corrected chi connectivity index (χ1v) is 9.86. The van der Waals surface area contributed by atoms with Gasteiger partial charge in [0.1, 0.15) is 0 Å². The summed E-state index contributed by atoms with van der Waals surface area (Å²) < 4.78 is 0. The molecule has 1 aliphatic rings. The molecule has 0 bridgehead atoms. The third kappa shape index (κ3) is 5.85. The van der Waals surface area contributed by atoms with Crippen LogP contribution in [0, 0.1) is 0 Å². The third-order valence-corrected chi connectivity index (χ3v) is 5.56. The van der Waals surface area contributed by atoms with Crippen molar-refractivity contribution in [1.29, 1.82) is 0 Å². The predicted octanol–water partition coefficient (Wildman–Crippen LogP) is 5.04. The second kappa shape index (κ2) is 9.38. The molecule has 0 unspecified atom stereocenters. The minimum Gasteiger partial charge on any atom is -0.328 e. The lowest BCUT2D eigenvalue weighted by Gasteiger charge is -2.36. The molecule has 1 aliphatic carbocycles. The van der Waals surface area contributed by atoms with E-state index in [0.717, 1.165) is 37.4 Å². The lowest BCUT2D eigenvalue weighted by molar-refractivity contribution is 0.140. The summed E-state index contributed by atoms with van der Waals surface area (Å²) in [6.45, 7) is 2.14. The smallest absolute Gasteiger partial charge is 0.0406 e. The van der Waals surface area contributed by atoms with Crippen molar-refractivity contribution in [1.82, 2.24) is 4.90 Å². The van der Waals surface area contributed by atoms with E-state index < -0.39 is 0 Å². The fourth-order valence-corrected chi connectivity index (χ4v) is 3.94. The number of halogens is 1. The molecule has 0 aliphatic heterocycles. The summed E-state index contributed by atoms with van der Waals surface area (Å²) in [5.41, 5.74) is 8.89. The van der Waals surface area contributed by atoms with Crippen LogP contribution < -0.4 is 5.73 Å². The van der Waals surface area contributed by atoms with Crippen molar-refractivity contribution < 1.29 is 0 Å². The Bertz CT molecular complexity index is 618. The molecule has 2 N–H and O–H groups in total. The lowest BCUT2D eigenvalue weighted by atomic mass is 9.90. The third-order valence-electron chi connectivity index (χ3n) is 5.31. The second-order valence-corrected chi connectivity index (χ2v) is 7.69. The molecular formula is C22H29ClN2. The van der Waals surface area contributed by atoms with Gasteiger partial charge in [0.05, 0.1) is 0 Å². The maximum Gasteiger partial charge on any atom is 0.0406 e. The van der Waals surface area contributed by atoms with Gasteiger partial charge < -0.3 is 5.73 Å². The summed E-state index contributed by atoms with van der Waals surface area (Å²) in [6, 6.07) is 20.2. The van der Waals surface area contributed by atoms with E-state index in [9.17, 15) is 0 Å². The van der Waals surface area contributed by atoms with Crippen LogP contribution in [0.15, 0.2) is 54.6 Å². The minimum atomic E-state index is 0.401. The van der Waals surface area contributed by atoms with Crippen molar-refractivity contribution in [2.24, 2.45) is 5.73 Å². The number of benzene rings is 2. The number of rotatable bonds is 7. The van der Waals surface area contributed by atoms with Crippen LogP contribution in [0.5, 0.6) is 0 Å². The molecule has 134 valence electrons. The Labute approximate surface area is 157 Å². The molecule has 0 radical (unpaired) electrons. The molecule has 0 aromatic heterocycles. The first-order valence-electron chi connectivity index (χ1n) is 9.49. The minimum absolute atomic E-state index is 0.401. The SMILES string of the molecule is NC1CCC(N(CCCc2ccccc2)Cc2ccc(Cl)cc2)CC1. The van der Waals surface area contributed by atoms with Crippen LogP contribution in [-0.4, -0.2) is 23.5 Å². The van der Waals surface area contributed by atoms with E-state index in [0.29, 0.717) is 12.1 Å². The van der Waals surface area contributed by atoms with Gasteiger partial charge in [-0.25, -0.2) is 0 Å². The van der Waals surface area contributed by atoms with E-state index in [1.807, 2.05) is 12.1 Å². The zero-order valence-electron chi connectivity index (χ0n) is 14.9. The first kappa shape index (κ1) is 18.4. The fraction of sp³-hybridized carbons (Fsp3) is 0.455. The van der Waals surface area contributed by atoms with Gasteiger partial charge in [-0.2, -0.15) is 0 Å². The molecule has 2 aromatic rings. The van der Waals surface area contributed by atoms with E-state index in [1.54, 1.807) is 0 Å². The van der Waals surface area contributed by atoms with Gasteiger partial charge in [0.25, 0.3) is 0 Å². The van der Waals surface area contributed by atoms with Crippen LogP contribution in [0.25, 0.3) is 0 Å². The molecule has 0 saturated heterocycles. The highest BCUT2D eigenvalue weighted by Crippen LogP contribution is 2.24. The normalized spacial score (nSPS) is 20.8. The van der Waals surface area contributed by atoms with Crippen molar-refractivity contribution in [2.45, 2.75) is 57.2 Å². The fourth-order valence-electron chi connectivity index (χ4n) is 3.81. The number of hydrogen-bond donors (Lipinski definition) is 1. The van der Waals surface area contributed by atoms with Crippen LogP contribution in [0.1, 0.15) is 43.2 Å². The van der Waals surface area contributed by atoms with Crippen LogP contribution in [0.2, 0.25) is 5.02 Å². The summed E-state index contributed by atoms with van der Waals surface area (Å²) in [7, 11) is 0. The van der Waals surface area contributed by atoms with Gasteiger partial charge in [-0.3, -0.25) is 4.90 Å². The molecule has 25 heavy (non-hydrogen) atoms. The van der Waals surface area contributed by atoms with Crippen LogP contribution in [0.4, 0.5) is 0 Å². The Balaban J connectivity index is 1.60. The Morgan fingerprint density at radius 2 is 1.56 bits per heavy atom. The monoisotopic (exact) mass is 356 g/mol. The van der Waals surface area contributed by atoms with Crippen LogP contribution >= 0.6 is 11.6 Å². The summed E-state index contributed by atoms with van der Waals surface area (Å²) >= 11 is 6.04. The molecular weight excluding hydrogens is 328 g/mol. The van der Waals surface area contributed by atoms with E-state index in [4.69, 9.17) is 17.3 Å². The Kier molecular flexibility index (Phi) is 6.92. The Morgan fingerprint density at radius 3 is 2.24 bits per heavy atom. The van der Waals surface area contributed by atoms with Gasteiger partial charge in [-0.05, 0) is 68.3 Å². The van der Waals surface area contributed by atoms with Gasteiger partial charge in [-0.15, -0.1) is 0 Å². The largest absolute Gasteiger partial charge is 0.328 e. The van der Waals surface area contributed by atoms with Crippen molar-refractivity contribution in [3.8, 4) is 0 Å². The van der Waals surface area contributed by atoms with E-state index in [-0.39, 0.29) is 0 Å². The first-order chi connectivity index (χ1) is 12.2. The van der Waals surface area contributed by atoms with Gasteiger partial charge in [0.15, 0.2) is 0 Å². The molecule has 1 saturated carbocycles. The highest BCUT2D eigenvalue weighted by Gasteiger charge is 2.24. The average Bonchev–Trinajstić information content (AvgIpc) is 2.64. The van der Waals surface area contributed by atoms with Crippen molar-refractivity contribution >= 4 is 11.6 Å². The van der Waals surface area contributed by atoms with Crippen molar-refractivity contribution in [2.75, 3.05) is 6.54 Å². The standard InChI is InChI=1S/C22H29ClN2/c23-20-10-8-19(9-11-20)17-25(22-14-12-21(24)13-15-22)16-4-7-18-5-2-1-3-6-18/h1-3,5-6,8-11,21-22H,4,7,12-17,24H2. The number of nitrogens with two attached hydrogens (primary N) is 1. The lowest BCUT2D eigenvalue weighted by Crippen LogP contribution is -2.41. The molecule has 2 nitrogen and oxygen atoms in total. The molecule has 2 aromatic carbocycles. The van der Waals surface area contributed by atoms with Gasteiger partial charge >= 0.3 is 0 Å². The molecule has 3 rings (SSSR count). The molecule has 0 spiro atoms. The van der Waals surface area contributed by atoms with Crippen molar-refractivity contribution in [3.63, 3.8) is 0 Å². The number of hydrogen-bond acceptors (Lipinski definition) is 2. The maximum absolute atomic E-state index is 6.11. The second-order valence-electron chi connectivity index (χ2n) is 7.25. The molecule has 0 amide bonds. The molecule has 0 atom stereocenters. The van der Waals surface area contributed by atoms with E-state index >= 15 is 0 Å². The quantitative estimate of drug-likeness (QED) is 0.752. The zero-order valence-corrected chi connectivity index (χ0v) is 15.7. The molecule has 0 heterocycles. The van der Waals surface area contributed by atoms with Gasteiger partial charge in [-0.1, -0.05) is 54.1 Å². The summed E-state index contributed by atoms with van der Waals surface area (Å²) in [4.78, 5) is 2.66. The predicted molar refractivity (Wildman–Crippen MR) is 107 cm³/mol. The van der Waals surface area contributed by atoms with Crippen molar-refractivity contribution in [3.05, 3.63) is 70.7 Å². The zero-order chi connectivity index (χ0) is 17.5. The van der Waals surface area contributed by atoms with Crippen LogP contribution in [0.3, 0.4) is 0 Å². The van der Waals surface area contributed by atoms with Gasteiger partial charge in [0, 0.05) is 23.7 Å². The summed E-state index contributed by atoms with van der Waals surface area (Å²) in [5, 5.41) is 0.808. The average molecular weight is 357 g/mol. The van der Waals surface area contributed by atoms with Gasteiger partial charge in [0.2, 0.25) is 0 Å². The Hall–Kier alpha value is -1.35. The van der Waals surface area contributed by atoms with E-state index in [1.165, 1.54) is 30.4 Å². The van der Waals surface area contributed by atoms with E-state index in [2.05, 4.69) is 47.4 Å². The Morgan fingerprint density at radius 1 is 0.880 bits per heavy atom. The number of nitrogens with zero attached hydrogens (tertiary/aromatic N) is 1. The molecule has 1 fully saturated rings. The summed E-state index contributed by atoms with van der Waals surface area (Å²) in [6.07, 6.45) is 7.09. The highest BCUT2D eigenvalue weighted by atomic mass is 35.5. The summed E-state index contributed by atoms with van der Waals surface area (Å²) in [5.74, 6) is 0. The van der Waals surface area contributed by atoms with Crippen LogP contribution in [-0.2, 0) is 13.0 Å². The topological polar surface area (TPSA) is 29.3 Å². The number of aryl methyl sites for hydroxylation is 1. The maximum atomic E-state index is 6.11.